The topological polar surface area (TPSA) is 61.8 Å². The van der Waals surface area contributed by atoms with Gasteiger partial charge in [0.25, 0.3) is 0 Å². The van der Waals surface area contributed by atoms with Gasteiger partial charge in [-0.25, -0.2) is 0 Å². The number of carbonyl (C=O) groups excluding carboxylic acids is 2. The van der Waals surface area contributed by atoms with Crippen LogP contribution in [0.5, 0.6) is 0 Å². The maximum absolute atomic E-state index is 13.6. The van der Waals surface area contributed by atoms with Crippen LogP contribution in [0.2, 0.25) is 0 Å². The molecule has 5 aliphatic carbocycles. The van der Waals surface area contributed by atoms with Crippen molar-refractivity contribution in [2.45, 2.75) is 119 Å². The van der Waals surface area contributed by atoms with Crippen molar-refractivity contribution in [3.63, 3.8) is 0 Å². The summed E-state index contributed by atoms with van der Waals surface area (Å²) >= 11 is 0. The lowest BCUT2D eigenvalue weighted by atomic mass is 9.33. The van der Waals surface area contributed by atoms with E-state index in [2.05, 4.69) is 54.5 Å². The number of fused-ring (bicyclic) bond motifs is 7. The summed E-state index contributed by atoms with van der Waals surface area (Å²) in [4.78, 5) is 25.6. The zero-order valence-electron chi connectivity index (χ0n) is 26.3. The molecule has 5 nitrogen and oxygen atoms in total. The number of rotatable bonds is 3. The van der Waals surface area contributed by atoms with Gasteiger partial charge in [-0.3, -0.25) is 9.59 Å². The molecule has 0 aromatic heterocycles. The Kier molecular flexibility index (Phi) is 6.97. The summed E-state index contributed by atoms with van der Waals surface area (Å²) in [6, 6.07) is 0. The normalized spacial score (nSPS) is 50.3. The molecule has 0 saturated heterocycles. The van der Waals surface area contributed by atoms with Crippen LogP contribution in [0.4, 0.5) is 0 Å². The third-order valence-electron chi connectivity index (χ3n) is 14.0. The summed E-state index contributed by atoms with van der Waals surface area (Å²) in [6.45, 7) is 18.6. The Morgan fingerprint density at radius 3 is 2.21 bits per heavy atom. The highest BCUT2D eigenvalue weighted by molar-refractivity contribution is 5.78. The lowest BCUT2D eigenvalue weighted by molar-refractivity contribution is -0.234. The van der Waals surface area contributed by atoms with Crippen LogP contribution in [0.1, 0.15) is 107 Å². The maximum atomic E-state index is 13.6. The van der Waals surface area contributed by atoms with E-state index in [0.717, 1.165) is 51.4 Å². The molecule has 0 heterocycles. The van der Waals surface area contributed by atoms with Gasteiger partial charge in [-0.1, -0.05) is 60.1 Å². The van der Waals surface area contributed by atoms with E-state index in [9.17, 15) is 9.59 Å². The Labute approximate surface area is 237 Å². The lowest BCUT2D eigenvalue weighted by Crippen LogP contribution is -2.68. The van der Waals surface area contributed by atoms with E-state index in [0.29, 0.717) is 23.7 Å². The molecule has 0 aromatic rings. The monoisotopic (exact) mass is 542 g/mol. The molecule has 11 unspecified atom stereocenters. The summed E-state index contributed by atoms with van der Waals surface area (Å²) < 4.78 is 17.9. The average molecular weight is 543 g/mol. The second kappa shape index (κ2) is 9.33. The first kappa shape index (κ1) is 29.1. The summed E-state index contributed by atoms with van der Waals surface area (Å²) in [5, 5.41) is 0. The lowest BCUT2D eigenvalue weighted by Gasteiger charge is -2.72. The standard InChI is InChI=1S/C34H54O5/c1-20-11-16-34(29(36)38-10)18-17-32(7)23(27(34)21(20)2)19-24(37-9)28-31(6)14-13-26(39-22(3)35)30(4,5)25(31)12-15-33(28,32)8/h19-21,24-28H,11-18H2,1-10H3. The molecule has 0 amide bonds. The number of ether oxygens (including phenoxy) is 3. The van der Waals surface area contributed by atoms with Gasteiger partial charge in [0.15, 0.2) is 0 Å². The summed E-state index contributed by atoms with van der Waals surface area (Å²) in [5.74, 6) is 1.84. The fourth-order valence-electron chi connectivity index (χ4n) is 11.7. The Morgan fingerprint density at radius 1 is 0.897 bits per heavy atom. The molecule has 0 N–H and O–H groups in total. The minimum atomic E-state index is -0.418. The highest BCUT2D eigenvalue weighted by Crippen LogP contribution is 2.76. The van der Waals surface area contributed by atoms with Crippen LogP contribution in [0.3, 0.4) is 0 Å². The number of hydrogen-bond acceptors (Lipinski definition) is 5. The van der Waals surface area contributed by atoms with Crippen molar-refractivity contribution in [2.75, 3.05) is 14.2 Å². The molecule has 5 rings (SSSR count). The van der Waals surface area contributed by atoms with E-state index in [1.54, 1.807) is 14.0 Å². The second-order valence-corrected chi connectivity index (χ2v) is 15.6. The van der Waals surface area contributed by atoms with Gasteiger partial charge in [-0.05, 0) is 91.3 Å². The van der Waals surface area contributed by atoms with Crippen LogP contribution in [-0.2, 0) is 23.8 Å². The van der Waals surface area contributed by atoms with Crippen molar-refractivity contribution in [2.24, 2.45) is 56.7 Å². The number of allylic oxidation sites excluding steroid dienone is 1. The fourth-order valence-corrected chi connectivity index (χ4v) is 11.7. The molecule has 4 fully saturated rings. The molecule has 0 aromatic carbocycles. The minimum Gasteiger partial charge on any atom is -0.469 e. The number of carbonyl (C=O) groups is 2. The van der Waals surface area contributed by atoms with Crippen LogP contribution in [0, 0.1) is 56.7 Å². The quantitative estimate of drug-likeness (QED) is 0.275. The van der Waals surface area contributed by atoms with Crippen molar-refractivity contribution in [3.05, 3.63) is 11.6 Å². The molecule has 0 radical (unpaired) electrons. The van der Waals surface area contributed by atoms with Crippen molar-refractivity contribution in [3.8, 4) is 0 Å². The summed E-state index contributed by atoms with van der Waals surface area (Å²) in [7, 11) is 3.46. The first-order valence-corrected chi connectivity index (χ1v) is 15.6. The number of hydrogen-bond donors (Lipinski definition) is 0. The van der Waals surface area contributed by atoms with Gasteiger partial charge in [0.1, 0.15) is 6.10 Å². The summed E-state index contributed by atoms with van der Waals surface area (Å²) in [5.41, 5.74) is 1.10. The van der Waals surface area contributed by atoms with Crippen LogP contribution >= 0.6 is 0 Å². The fraction of sp³-hybridized carbons (Fsp3) is 0.882. The van der Waals surface area contributed by atoms with E-state index in [4.69, 9.17) is 14.2 Å². The Hall–Kier alpha value is -1.36. The van der Waals surface area contributed by atoms with Crippen LogP contribution in [0.15, 0.2) is 11.6 Å². The maximum Gasteiger partial charge on any atom is 0.312 e. The molecule has 220 valence electrons. The van der Waals surface area contributed by atoms with Gasteiger partial charge in [0.2, 0.25) is 0 Å². The van der Waals surface area contributed by atoms with Crippen LogP contribution < -0.4 is 0 Å². The number of esters is 2. The third-order valence-corrected chi connectivity index (χ3v) is 14.0. The van der Waals surface area contributed by atoms with Crippen molar-refractivity contribution in [1.82, 2.24) is 0 Å². The van der Waals surface area contributed by atoms with Crippen molar-refractivity contribution in [1.29, 1.82) is 0 Å². The smallest absolute Gasteiger partial charge is 0.312 e. The van der Waals surface area contributed by atoms with Gasteiger partial charge in [0.05, 0.1) is 18.6 Å². The zero-order chi connectivity index (χ0) is 28.8. The molecule has 0 aliphatic heterocycles. The first-order valence-electron chi connectivity index (χ1n) is 15.6. The van der Waals surface area contributed by atoms with Crippen molar-refractivity contribution >= 4 is 11.9 Å². The summed E-state index contributed by atoms with van der Waals surface area (Å²) in [6.07, 6.45) is 10.6. The zero-order valence-corrected chi connectivity index (χ0v) is 26.3. The SMILES string of the molecule is COC(=O)C12CCC(C)C(C)C1C1=CC(OC)C3C4(C)CCC(OC(C)=O)C(C)(C)C4CCC3(C)C1(C)CC2. The molecular weight excluding hydrogens is 488 g/mol. The van der Waals surface area contributed by atoms with Crippen molar-refractivity contribution < 1.29 is 23.8 Å². The minimum absolute atomic E-state index is 0.00310. The van der Waals surface area contributed by atoms with Gasteiger partial charge in [-0.15, -0.1) is 0 Å². The first-order chi connectivity index (χ1) is 18.1. The molecule has 5 heteroatoms. The molecule has 0 spiro atoms. The third kappa shape index (κ3) is 3.73. The van der Waals surface area contributed by atoms with E-state index < -0.39 is 5.41 Å². The van der Waals surface area contributed by atoms with Crippen LogP contribution in [0.25, 0.3) is 0 Å². The van der Waals surface area contributed by atoms with Gasteiger partial charge < -0.3 is 14.2 Å². The predicted octanol–water partition coefficient (Wildman–Crippen LogP) is 7.37. The van der Waals surface area contributed by atoms with E-state index in [1.807, 2.05) is 7.11 Å². The molecule has 0 bridgehead atoms. The molecule has 5 aliphatic rings. The second-order valence-electron chi connectivity index (χ2n) is 15.6. The molecule has 4 saturated carbocycles. The van der Waals surface area contributed by atoms with Gasteiger partial charge in [-0.2, -0.15) is 0 Å². The number of methoxy groups -OCH3 is 2. The largest absolute Gasteiger partial charge is 0.469 e. The van der Waals surface area contributed by atoms with Gasteiger partial charge >= 0.3 is 11.9 Å². The van der Waals surface area contributed by atoms with Crippen LogP contribution in [-0.4, -0.2) is 38.4 Å². The molecule has 11 atom stereocenters. The van der Waals surface area contributed by atoms with E-state index in [1.165, 1.54) is 5.57 Å². The molecule has 39 heavy (non-hydrogen) atoms. The average Bonchev–Trinajstić information content (AvgIpc) is 2.87. The van der Waals surface area contributed by atoms with Gasteiger partial charge in [0, 0.05) is 25.4 Å². The Bertz CT molecular complexity index is 1050. The van der Waals surface area contributed by atoms with E-state index >= 15 is 0 Å². The molecular formula is C34H54O5. The highest BCUT2D eigenvalue weighted by Gasteiger charge is 2.71. The Balaban J connectivity index is 1.64. The highest BCUT2D eigenvalue weighted by atomic mass is 16.5. The Morgan fingerprint density at radius 2 is 1.59 bits per heavy atom. The predicted molar refractivity (Wildman–Crippen MR) is 153 cm³/mol. The van der Waals surface area contributed by atoms with E-state index in [-0.39, 0.29) is 51.7 Å².